The van der Waals surface area contributed by atoms with Crippen molar-refractivity contribution in [2.24, 2.45) is 5.92 Å². The molecule has 1 aliphatic rings. The zero-order chi connectivity index (χ0) is 27.4. The fourth-order valence-corrected chi connectivity index (χ4v) is 4.50. The topological polar surface area (TPSA) is 103 Å². The highest BCUT2D eigenvalue weighted by Gasteiger charge is 2.33. The van der Waals surface area contributed by atoms with Gasteiger partial charge < -0.3 is 19.0 Å². The number of esters is 1. The van der Waals surface area contributed by atoms with Crippen LogP contribution in [0, 0.1) is 5.92 Å². The summed E-state index contributed by atoms with van der Waals surface area (Å²) in [6.07, 6.45) is 7.86. The van der Waals surface area contributed by atoms with Crippen molar-refractivity contribution in [3.05, 3.63) is 81.2 Å². The summed E-state index contributed by atoms with van der Waals surface area (Å²) in [6.45, 7) is 7.45. The van der Waals surface area contributed by atoms with Gasteiger partial charge in [0.25, 0.3) is 0 Å². The maximum Gasteiger partial charge on any atom is 0.336 e. The molecule has 1 N–H and O–H groups in total. The highest BCUT2D eigenvalue weighted by atomic mass is 16.5. The summed E-state index contributed by atoms with van der Waals surface area (Å²) < 4.78 is 17.0. The van der Waals surface area contributed by atoms with Crippen LogP contribution in [-0.4, -0.2) is 29.1 Å². The average molecular weight is 517 g/mol. The summed E-state index contributed by atoms with van der Waals surface area (Å²) in [6, 6.07) is 10.7. The fourth-order valence-electron chi connectivity index (χ4n) is 4.50. The standard InChI is InChI=1S/C31H32O7/c1-5-9-21-17-25(34)37-29-22-14-15-31(3,4)38-30(22)27(28(35)26(21)29)23(32)16-19(2)18-36-24(33)13-12-20-10-7-6-8-11-20/h6-8,10-15,17,19,35H,5,9,16,18H2,1-4H3/b13-12+/t19-/m0/s1. The molecule has 0 aliphatic carbocycles. The highest BCUT2D eigenvalue weighted by Crippen LogP contribution is 2.46. The van der Waals surface area contributed by atoms with Crippen molar-refractivity contribution in [1.29, 1.82) is 0 Å². The van der Waals surface area contributed by atoms with Gasteiger partial charge in [-0.05, 0) is 55.5 Å². The number of ether oxygens (including phenoxy) is 2. The van der Waals surface area contributed by atoms with Gasteiger partial charge in [-0.1, -0.05) is 50.6 Å². The molecule has 2 heterocycles. The van der Waals surface area contributed by atoms with Crippen LogP contribution in [0.1, 0.15) is 67.6 Å². The molecule has 2 aromatic carbocycles. The number of benzene rings is 2. The van der Waals surface area contributed by atoms with Gasteiger partial charge in [-0.3, -0.25) is 4.79 Å². The van der Waals surface area contributed by atoms with Crippen LogP contribution >= 0.6 is 0 Å². The van der Waals surface area contributed by atoms with E-state index in [1.807, 2.05) is 57.2 Å². The second kappa shape index (κ2) is 11.1. The molecule has 0 saturated carbocycles. The van der Waals surface area contributed by atoms with Crippen molar-refractivity contribution < 1.29 is 28.6 Å². The molecule has 0 unspecified atom stereocenters. The van der Waals surface area contributed by atoms with Crippen LogP contribution in [0.2, 0.25) is 0 Å². The van der Waals surface area contributed by atoms with E-state index in [0.29, 0.717) is 22.9 Å². The number of hydrogen-bond acceptors (Lipinski definition) is 7. The van der Waals surface area contributed by atoms with Crippen molar-refractivity contribution in [2.45, 2.75) is 52.6 Å². The predicted octanol–water partition coefficient (Wildman–Crippen LogP) is 6.10. The summed E-state index contributed by atoms with van der Waals surface area (Å²) in [4.78, 5) is 38.0. The molecule has 0 amide bonds. The Bertz CT molecular complexity index is 1480. The van der Waals surface area contributed by atoms with E-state index in [-0.39, 0.29) is 47.4 Å². The van der Waals surface area contributed by atoms with Crippen LogP contribution in [0.15, 0.2) is 57.8 Å². The molecule has 0 fully saturated rings. The van der Waals surface area contributed by atoms with Crippen molar-refractivity contribution in [2.75, 3.05) is 6.61 Å². The largest absolute Gasteiger partial charge is 0.506 e. The molecule has 0 saturated heterocycles. The fraction of sp³-hybridized carbons (Fsp3) is 0.323. The summed E-state index contributed by atoms with van der Waals surface area (Å²) in [5.74, 6) is -1.27. The highest BCUT2D eigenvalue weighted by molar-refractivity contribution is 6.10. The number of aromatic hydroxyl groups is 1. The third-order valence-electron chi connectivity index (χ3n) is 6.30. The summed E-state index contributed by atoms with van der Waals surface area (Å²) in [5, 5.41) is 11.7. The van der Waals surface area contributed by atoms with E-state index in [1.54, 1.807) is 19.1 Å². The van der Waals surface area contributed by atoms with Gasteiger partial charge in [0.2, 0.25) is 0 Å². The van der Waals surface area contributed by atoms with Crippen molar-refractivity contribution in [1.82, 2.24) is 0 Å². The first-order valence-electron chi connectivity index (χ1n) is 12.8. The molecule has 0 spiro atoms. The zero-order valence-electron chi connectivity index (χ0n) is 22.1. The number of Topliss-reactive ketones (excluding diaryl/α,β-unsaturated/α-hetero) is 1. The van der Waals surface area contributed by atoms with Gasteiger partial charge in [0.05, 0.1) is 17.6 Å². The number of ketones is 1. The monoisotopic (exact) mass is 516 g/mol. The zero-order valence-corrected chi connectivity index (χ0v) is 22.1. The molecule has 1 aromatic heterocycles. The molecule has 1 aliphatic heterocycles. The molecule has 7 nitrogen and oxygen atoms in total. The van der Waals surface area contributed by atoms with Gasteiger partial charge in [-0.2, -0.15) is 0 Å². The maximum atomic E-state index is 13.6. The molecule has 198 valence electrons. The Hall–Kier alpha value is -4.13. The first-order chi connectivity index (χ1) is 18.1. The molecular weight excluding hydrogens is 484 g/mol. The average Bonchev–Trinajstić information content (AvgIpc) is 2.86. The van der Waals surface area contributed by atoms with Gasteiger partial charge in [0, 0.05) is 18.6 Å². The summed E-state index contributed by atoms with van der Waals surface area (Å²) in [7, 11) is 0. The lowest BCUT2D eigenvalue weighted by Crippen LogP contribution is -2.29. The van der Waals surface area contributed by atoms with Crippen molar-refractivity contribution >= 4 is 34.9 Å². The minimum Gasteiger partial charge on any atom is -0.506 e. The van der Waals surface area contributed by atoms with E-state index in [0.717, 1.165) is 12.0 Å². The minimum absolute atomic E-state index is 0.00851. The normalized spacial score (nSPS) is 14.7. The number of phenolic OH excluding ortho intramolecular Hbond substituents is 1. The Morgan fingerprint density at radius 3 is 2.63 bits per heavy atom. The number of hydrogen-bond donors (Lipinski definition) is 1. The van der Waals surface area contributed by atoms with E-state index < -0.39 is 17.2 Å². The van der Waals surface area contributed by atoms with Crippen molar-refractivity contribution in [3.63, 3.8) is 0 Å². The van der Waals surface area contributed by atoms with Gasteiger partial charge in [0.15, 0.2) is 11.4 Å². The number of carbonyl (C=O) groups excluding carboxylic acids is 2. The second-order valence-electron chi connectivity index (χ2n) is 10.2. The van der Waals surface area contributed by atoms with E-state index in [1.165, 1.54) is 12.1 Å². The van der Waals surface area contributed by atoms with E-state index >= 15 is 0 Å². The summed E-state index contributed by atoms with van der Waals surface area (Å²) in [5.41, 5.74) is 0.896. The Morgan fingerprint density at radius 2 is 1.92 bits per heavy atom. The third-order valence-corrected chi connectivity index (χ3v) is 6.30. The van der Waals surface area contributed by atoms with E-state index in [2.05, 4.69) is 0 Å². The smallest absolute Gasteiger partial charge is 0.336 e. The number of carbonyl (C=O) groups is 2. The number of phenols is 1. The van der Waals surface area contributed by atoms with Gasteiger partial charge in [-0.15, -0.1) is 0 Å². The molecular formula is C31H32O7. The van der Waals surface area contributed by atoms with E-state index in [4.69, 9.17) is 13.9 Å². The Balaban J connectivity index is 1.61. The first kappa shape index (κ1) is 26.9. The van der Waals surface area contributed by atoms with Crippen LogP contribution in [0.5, 0.6) is 11.5 Å². The molecule has 7 heteroatoms. The summed E-state index contributed by atoms with van der Waals surface area (Å²) >= 11 is 0. The lowest BCUT2D eigenvalue weighted by atomic mass is 9.90. The van der Waals surface area contributed by atoms with Crippen LogP contribution < -0.4 is 10.4 Å². The van der Waals surface area contributed by atoms with Crippen LogP contribution in [-0.2, 0) is 16.0 Å². The SMILES string of the molecule is CCCc1cc(=O)oc2c3c(c(C(=O)C[C@H](C)COC(=O)/C=C/c4ccccc4)c(O)c12)OC(C)(C)C=C3. The molecule has 0 radical (unpaired) electrons. The number of fused-ring (bicyclic) bond motifs is 3. The lowest BCUT2D eigenvalue weighted by molar-refractivity contribution is -0.138. The Kier molecular flexibility index (Phi) is 7.86. The van der Waals surface area contributed by atoms with Gasteiger partial charge in [-0.25, -0.2) is 9.59 Å². The van der Waals surface area contributed by atoms with Crippen molar-refractivity contribution in [3.8, 4) is 11.5 Å². The Morgan fingerprint density at radius 1 is 1.18 bits per heavy atom. The lowest BCUT2D eigenvalue weighted by Gasteiger charge is -2.30. The first-order valence-corrected chi connectivity index (χ1v) is 12.8. The molecule has 38 heavy (non-hydrogen) atoms. The second-order valence-corrected chi connectivity index (χ2v) is 10.2. The third kappa shape index (κ3) is 5.88. The quantitative estimate of drug-likeness (QED) is 0.159. The van der Waals surface area contributed by atoms with Gasteiger partial charge in [0.1, 0.15) is 22.7 Å². The van der Waals surface area contributed by atoms with Crippen LogP contribution in [0.3, 0.4) is 0 Å². The number of aryl methyl sites for hydroxylation is 1. The Labute approximate surface area is 221 Å². The molecule has 3 aromatic rings. The maximum absolute atomic E-state index is 13.6. The number of rotatable bonds is 9. The molecule has 4 rings (SSSR count). The molecule has 0 bridgehead atoms. The molecule has 1 atom stereocenters. The predicted molar refractivity (Wildman–Crippen MR) is 146 cm³/mol. The van der Waals surface area contributed by atoms with Crippen LogP contribution in [0.4, 0.5) is 0 Å². The minimum atomic E-state index is -0.740. The van der Waals surface area contributed by atoms with Gasteiger partial charge >= 0.3 is 11.6 Å². The van der Waals surface area contributed by atoms with E-state index in [9.17, 15) is 19.5 Å². The van der Waals surface area contributed by atoms with Crippen LogP contribution in [0.25, 0.3) is 23.1 Å².